The quantitative estimate of drug-likeness (QED) is 0.685. The van der Waals surface area contributed by atoms with Gasteiger partial charge >= 0.3 is 0 Å². The van der Waals surface area contributed by atoms with E-state index < -0.39 is 11.4 Å². The first-order valence-electron chi connectivity index (χ1n) is 9.54. The number of rotatable bonds is 8. The maximum Gasteiger partial charge on any atom is 0.220 e. The minimum absolute atomic E-state index is 0.0292. The summed E-state index contributed by atoms with van der Waals surface area (Å²) in [4.78, 5) is 24.3. The Morgan fingerprint density at radius 3 is 2.79 bits per heavy atom. The summed E-state index contributed by atoms with van der Waals surface area (Å²) in [5.41, 5.74) is 1.26. The van der Waals surface area contributed by atoms with Crippen molar-refractivity contribution < 1.29 is 18.7 Å². The zero-order valence-electron chi connectivity index (χ0n) is 16.3. The number of amides is 2. The lowest BCUT2D eigenvalue weighted by Crippen LogP contribution is -2.44. The normalized spacial score (nSPS) is 18.4. The van der Waals surface area contributed by atoms with E-state index in [9.17, 15) is 14.0 Å². The van der Waals surface area contributed by atoms with Crippen LogP contribution in [0.5, 0.6) is 5.75 Å². The van der Waals surface area contributed by atoms with Gasteiger partial charge in [-0.25, -0.2) is 4.39 Å². The highest BCUT2D eigenvalue weighted by Crippen LogP contribution is 2.31. The molecule has 1 aliphatic rings. The van der Waals surface area contributed by atoms with Gasteiger partial charge < -0.3 is 15.4 Å². The third-order valence-electron chi connectivity index (χ3n) is 5.20. The second-order valence-electron chi connectivity index (χ2n) is 7.38. The summed E-state index contributed by atoms with van der Waals surface area (Å²) in [5.74, 6) is -0.386. The molecule has 1 fully saturated rings. The molecule has 29 heavy (non-hydrogen) atoms. The predicted octanol–water partition coefficient (Wildman–Crippen LogP) is 3.78. The smallest absolute Gasteiger partial charge is 0.220 e. The van der Waals surface area contributed by atoms with E-state index in [1.165, 1.54) is 13.2 Å². The van der Waals surface area contributed by atoms with Crippen molar-refractivity contribution in [3.63, 3.8) is 0 Å². The average molecular weight is 419 g/mol. The third kappa shape index (κ3) is 5.70. The van der Waals surface area contributed by atoms with Gasteiger partial charge in [-0.1, -0.05) is 29.8 Å². The maximum atomic E-state index is 13.7. The van der Waals surface area contributed by atoms with Crippen molar-refractivity contribution in [2.45, 2.75) is 44.2 Å². The monoisotopic (exact) mass is 418 g/mol. The number of nitrogens with one attached hydrogen (secondary N) is 2. The van der Waals surface area contributed by atoms with Gasteiger partial charge in [-0.05, 0) is 54.7 Å². The van der Waals surface area contributed by atoms with Gasteiger partial charge in [0.05, 0.1) is 7.11 Å². The highest BCUT2D eigenvalue weighted by atomic mass is 35.5. The molecule has 0 saturated carbocycles. The average Bonchev–Trinajstić information content (AvgIpc) is 3.07. The number of halogens is 2. The van der Waals surface area contributed by atoms with Crippen molar-refractivity contribution in [1.82, 2.24) is 10.6 Å². The van der Waals surface area contributed by atoms with E-state index in [1.807, 2.05) is 18.2 Å². The molecular formula is C22H24ClFN2O3. The number of methoxy groups -OCH3 is 1. The lowest BCUT2D eigenvalue weighted by molar-refractivity contribution is -0.122. The van der Waals surface area contributed by atoms with Gasteiger partial charge in [-0.3, -0.25) is 9.59 Å². The minimum atomic E-state index is -0.521. The van der Waals surface area contributed by atoms with Crippen LogP contribution in [0.3, 0.4) is 0 Å². The molecule has 3 rings (SSSR count). The molecule has 0 aliphatic carbocycles. The molecule has 1 saturated heterocycles. The Hall–Kier alpha value is -2.60. The van der Waals surface area contributed by atoms with E-state index in [4.69, 9.17) is 16.3 Å². The van der Waals surface area contributed by atoms with Gasteiger partial charge in [0.15, 0.2) is 11.6 Å². The predicted molar refractivity (Wildman–Crippen MR) is 109 cm³/mol. The van der Waals surface area contributed by atoms with Crippen LogP contribution >= 0.6 is 11.6 Å². The van der Waals surface area contributed by atoms with E-state index >= 15 is 0 Å². The van der Waals surface area contributed by atoms with Crippen LogP contribution in [0.2, 0.25) is 5.02 Å². The summed E-state index contributed by atoms with van der Waals surface area (Å²) < 4.78 is 18.7. The SMILES string of the molecule is COc1cc(CC2(CCC(=O)NCc3cccc(Cl)c3)CCC(=O)N2)ccc1F. The molecule has 0 bridgehead atoms. The molecule has 0 spiro atoms. The zero-order chi connectivity index (χ0) is 20.9. The summed E-state index contributed by atoms with van der Waals surface area (Å²) in [6.45, 7) is 0.397. The molecule has 7 heteroatoms. The van der Waals surface area contributed by atoms with Gasteiger partial charge in [0.1, 0.15) is 0 Å². The Labute approximate surface area is 174 Å². The number of carbonyl (C=O) groups is 2. The van der Waals surface area contributed by atoms with Crippen LogP contribution in [0, 0.1) is 5.82 Å². The van der Waals surface area contributed by atoms with Gasteiger partial charge in [0.2, 0.25) is 11.8 Å². The standard InChI is InChI=1S/C22H24ClFN2O3/c1-29-19-12-15(5-6-18(19)24)13-22(10-8-21(28)26-22)9-7-20(27)25-14-16-3-2-4-17(23)11-16/h2-6,11-12H,7-10,13-14H2,1H3,(H,25,27)(H,26,28). The first kappa shape index (κ1) is 21.1. The molecule has 1 atom stereocenters. The Morgan fingerprint density at radius 2 is 2.10 bits per heavy atom. The number of ether oxygens (including phenoxy) is 1. The molecule has 1 heterocycles. The second kappa shape index (κ2) is 9.27. The molecule has 154 valence electrons. The summed E-state index contributed by atoms with van der Waals surface area (Å²) in [7, 11) is 1.42. The van der Waals surface area contributed by atoms with Crippen LogP contribution in [0.25, 0.3) is 0 Å². The van der Waals surface area contributed by atoms with Crippen LogP contribution in [0.1, 0.15) is 36.8 Å². The highest BCUT2D eigenvalue weighted by molar-refractivity contribution is 6.30. The lowest BCUT2D eigenvalue weighted by atomic mass is 9.85. The number of carbonyl (C=O) groups excluding carboxylic acids is 2. The Morgan fingerprint density at radius 1 is 1.28 bits per heavy atom. The van der Waals surface area contributed by atoms with E-state index in [0.29, 0.717) is 37.3 Å². The number of benzene rings is 2. The van der Waals surface area contributed by atoms with E-state index in [0.717, 1.165) is 11.1 Å². The second-order valence-corrected chi connectivity index (χ2v) is 7.82. The van der Waals surface area contributed by atoms with Gasteiger partial charge in [0, 0.05) is 29.9 Å². The summed E-state index contributed by atoms with van der Waals surface area (Å²) in [6.07, 6.45) is 2.34. The van der Waals surface area contributed by atoms with Gasteiger partial charge in [-0.15, -0.1) is 0 Å². The number of hydrogen-bond donors (Lipinski definition) is 2. The van der Waals surface area contributed by atoms with E-state index in [2.05, 4.69) is 10.6 Å². The Bertz CT molecular complexity index is 905. The minimum Gasteiger partial charge on any atom is -0.494 e. The fourth-order valence-corrected chi connectivity index (χ4v) is 3.89. The maximum absolute atomic E-state index is 13.7. The van der Waals surface area contributed by atoms with Gasteiger partial charge in [-0.2, -0.15) is 0 Å². The lowest BCUT2D eigenvalue weighted by Gasteiger charge is -2.29. The molecule has 1 aliphatic heterocycles. The van der Waals surface area contributed by atoms with Crippen molar-refractivity contribution in [2.75, 3.05) is 7.11 Å². The fraction of sp³-hybridized carbons (Fsp3) is 0.364. The van der Waals surface area contributed by atoms with E-state index in [1.54, 1.807) is 18.2 Å². The van der Waals surface area contributed by atoms with Crippen molar-refractivity contribution in [1.29, 1.82) is 0 Å². The molecule has 2 amide bonds. The summed E-state index contributed by atoms with van der Waals surface area (Å²) >= 11 is 5.96. The topological polar surface area (TPSA) is 67.4 Å². The van der Waals surface area contributed by atoms with Crippen molar-refractivity contribution in [3.8, 4) is 5.75 Å². The summed E-state index contributed by atoms with van der Waals surface area (Å²) in [6, 6.07) is 12.0. The van der Waals surface area contributed by atoms with Crippen LogP contribution < -0.4 is 15.4 Å². The molecule has 5 nitrogen and oxygen atoms in total. The van der Waals surface area contributed by atoms with Crippen molar-refractivity contribution in [2.24, 2.45) is 0 Å². The van der Waals surface area contributed by atoms with Crippen LogP contribution in [-0.2, 0) is 22.6 Å². The molecule has 2 aromatic carbocycles. The molecule has 2 aromatic rings. The van der Waals surface area contributed by atoms with Crippen LogP contribution in [0.4, 0.5) is 4.39 Å². The molecule has 2 N–H and O–H groups in total. The third-order valence-corrected chi connectivity index (χ3v) is 5.44. The van der Waals surface area contributed by atoms with Gasteiger partial charge in [0.25, 0.3) is 0 Å². The molecule has 1 unspecified atom stereocenters. The Balaban J connectivity index is 1.61. The highest BCUT2D eigenvalue weighted by Gasteiger charge is 2.38. The van der Waals surface area contributed by atoms with E-state index in [-0.39, 0.29) is 24.0 Å². The largest absolute Gasteiger partial charge is 0.494 e. The van der Waals surface area contributed by atoms with Crippen LogP contribution in [-0.4, -0.2) is 24.5 Å². The zero-order valence-corrected chi connectivity index (χ0v) is 17.0. The first-order valence-corrected chi connectivity index (χ1v) is 9.91. The van der Waals surface area contributed by atoms with Crippen LogP contribution in [0.15, 0.2) is 42.5 Å². The summed E-state index contributed by atoms with van der Waals surface area (Å²) in [5, 5.41) is 6.55. The number of hydrogen-bond acceptors (Lipinski definition) is 3. The van der Waals surface area contributed by atoms with Crippen molar-refractivity contribution >= 4 is 23.4 Å². The van der Waals surface area contributed by atoms with Crippen molar-refractivity contribution in [3.05, 3.63) is 64.4 Å². The molecule has 0 radical (unpaired) electrons. The Kier molecular flexibility index (Phi) is 6.75. The molecular weight excluding hydrogens is 395 g/mol. The fourth-order valence-electron chi connectivity index (χ4n) is 3.68. The molecule has 0 aromatic heterocycles. The first-order chi connectivity index (χ1) is 13.9.